The Kier molecular flexibility index (Phi) is 5.23. The Morgan fingerprint density at radius 3 is 2.76 bits per heavy atom. The lowest BCUT2D eigenvalue weighted by atomic mass is 10.0. The molecule has 0 saturated heterocycles. The number of aliphatic hydroxyl groups excluding tert-OH is 1. The molecule has 2 amide bonds. The summed E-state index contributed by atoms with van der Waals surface area (Å²) < 4.78 is 0. The van der Waals surface area contributed by atoms with Gasteiger partial charge in [-0.15, -0.1) is 0 Å². The number of rotatable bonds is 5. The first kappa shape index (κ1) is 15.8. The van der Waals surface area contributed by atoms with Crippen LogP contribution in [0.2, 0.25) is 0 Å². The van der Waals surface area contributed by atoms with Gasteiger partial charge in [0.1, 0.15) is 0 Å². The van der Waals surface area contributed by atoms with Gasteiger partial charge in [0.05, 0.1) is 18.7 Å². The van der Waals surface area contributed by atoms with Gasteiger partial charge in [-0.05, 0) is 35.8 Å². The van der Waals surface area contributed by atoms with Crippen LogP contribution in [0.3, 0.4) is 0 Å². The summed E-state index contributed by atoms with van der Waals surface area (Å²) in [6.45, 7) is 6.29. The van der Waals surface area contributed by atoms with Gasteiger partial charge in [-0.1, -0.05) is 45.0 Å². The summed E-state index contributed by atoms with van der Waals surface area (Å²) in [5.41, 5.74) is 2.53. The molecule has 0 fully saturated rings. The Hall–Kier alpha value is -1.55. The van der Waals surface area contributed by atoms with Crippen molar-refractivity contribution in [2.75, 3.05) is 6.61 Å². The smallest absolute Gasteiger partial charge is 0.315 e. The van der Waals surface area contributed by atoms with Crippen molar-refractivity contribution in [1.82, 2.24) is 10.6 Å². The number of nitrogens with one attached hydrogen (secondary N) is 2. The lowest BCUT2D eigenvalue weighted by Gasteiger charge is -2.23. The van der Waals surface area contributed by atoms with Gasteiger partial charge in [-0.25, -0.2) is 4.79 Å². The third-order valence-corrected chi connectivity index (χ3v) is 4.10. The topological polar surface area (TPSA) is 61.4 Å². The Bertz CT molecular complexity index is 487. The Morgan fingerprint density at radius 2 is 2.10 bits per heavy atom. The number of hydrogen-bond donors (Lipinski definition) is 3. The van der Waals surface area contributed by atoms with E-state index in [4.69, 9.17) is 0 Å². The maximum Gasteiger partial charge on any atom is 0.315 e. The number of hydrogen-bond acceptors (Lipinski definition) is 2. The first-order valence-corrected chi connectivity index (χ1v) is 7.77. The third kappa shape index (κ3) is 3.97. The minimum atomic E-state index is -0.191. The minimum Gasteiger partial charge on any atom is -0.394 e. The van der Waals surface area contributed by atoms with E-state index in [1.165, 1.54) is 11.1 Å². The molecule has 0 spiro atoms. The van der Waals surface area contributed by atoms with Gasteiger partial charge in [0, 0.05) is 0 Å². The van der Waals surface area contributed by atoms with Gasteiger partial charge in [0.25, 0.3) is 0 Å². The van der Waals surface area contributed by atoms with Crippen molar-refractivity contribution in [2.45, 2.75) is 45.7 Å². The first-order valence-electron chi connectivity index (χ1n) is 7.77. The van der Waals surface area contributed by atoms with Crippen molar-refractivity contribution in [1.29, 1.82) is 0 Å². The highest BCUT2D eigenvalue weighted by Crippen LogP contribution is 2.35. The molecule has 116 valence electrons. The molecule has 3 unspecified atom stereocenters. The number of carbonyl (C=O) groups is 1. The molecule has 21 heavy (non-hydrogen) atoms. The molecule has 1 aromatic carbocycles. The van der Waals surface area contributed by atoms with E-state index in [0.29, 0.717) is 11.8 Å². The quantitative estimate of drug-likeness (QED) is 0.780. The Labute approximate surface area is 126 Å². The zero-order valence-electron chi connectivity index (χ0n) is 13.1. The highest BCUT2D eigenvalue weighted by atomic mass is 16.3. The van der Waals surface area contributed by atoms with Crippen LogP contribution in [0, 0.1) is 11.8 Å². The maximum absolute atomic E-state index is 12.2. The molecule has 1 aliphatic carbocycles. The number of carbonyl (C=O) groups excluding carboxylic acids is 1. The minimum absolute atomic E-state index is 0.0254. The molecular formula is C17H26N2O2. The van der Waals surface area contributed by atoms with E-state index in [1.807, 2.05) is 12.1 Å². The van der Waals surface area contributed by atoms with E-state index >= 15 is 0 Å². The fraction of sp³-hybridized carbons (Fsp3) is 0.588. The van der Waals surface area contributed by atoms with Crippen LogP contribution in [0.15, 0.2) is 24.3 Å². The van der Waals surface area contributed by atoms with Crippen molar-refractivity contribution in [3.8, 4) is 0 Å². The number of benzene rings is 1. The molecule has 0 aromatic heterocycles. The molecule has 3 atom stereocenters. The molecule has 0 radical (unpaired) electrons. The highest BCUT2D eigenvalue weighted by Gasteiger charge is 2.30. The number of fused-ring (bicyclic) bond motifs is 1. The zero-order chi connectivity index (χ0) is 15.4. The standard InChI is InChI=1S/C17H26N2O2/c1-11(2)8-14(10-20)18-17(21)19-16-12(3)9-13-6-4-5-7-15(13)16/h4-7,11-12,14,16,20H,8-10H2,1-3H3,(H2,18,19,21). The van der Waals surface area contributed by atoms with Crippen molar-refractivity contribution in [3.63, 3.8) is 0 Å². The molecule has 3 N–H and O–H groups in total. The van der Waals surface area contributed by atoms with Crippen LogP contribution in [0.5, 0.6) is 0 Å². The van der Waals surface area contributed by atoms with Gasteiger partial charge in [0.15, 0.2) is 0 Å². The number of aliphatic hydroxyl groups is 1. The van der Waals surface area contributed by atoms with Crippen molar-refractivity contribution in [3.05, 3.63) is 35.4 Å². The molecule has 4 nitrogen and oxygen atoms in total. The molecule has 1 aromatic rings. The van der Waals surface area contributed by atoms with Crippen LogP contribution in [0.25, 0.3) is 0 Å². The molecule has 1 aliphatic rings. The van der Waals surface area contributed by atoms with Gasteiger partial charge >= 0.3 is 6.03 Å². The van der Waals surface area contributed by atoms with Crippen LogP contribution in [-0.4, -0.2) is 23.8 Å². The largest absolute Gasteiger partial charge is 0.394 e. The second-order valence-electron chi connectivity index (χ2n) is 6.48. The summed E-state index contributed by atoms with van der Waals surface area (Å²) in [7, 11) is 0. The molecular weight excluding hydrogens is 264 g/mol. The van der Waals surface area contributed by atoms with Crippen molar-refractivity contribution in [2.24, 2.45) is 11.8 Å². The van der Waals surface area contributed by atoms with Gasteiger partial charge < -0.3 is 15.7 Å². The second kappa shape index (κ2) is 6.94. The molecule has 2 rings (SSSR count). The van der Waals surface area contributed by atoms with Gasteiger partial charge in [0.2, 0.25) is 0 Å². The second-order valence-corrected chi connectivity index (χ2v) is 6.48. The first-order chi connectivity index (χ1) is 10.0. The molecule has 0 saturated carbocycles. The normalized spacial score (nSPS) is 22.0. The van der Waals surface area contributed by atoms with Crippen LogP contribution in [-0.2, 0) is 6.42 Å². The predicted molar refractivity (Wildman–Crippen MR) is 84.0 cm³/mol. The lowest BCUT2D eigenvalue weighted by Crippen LogP contribution is -2.46. The molecule has 0 aliphatic heterocycles. The number of amides is 2. The zero-order valence-corrected chi connectivity index (χ0v) is 13.1. The van der Waals surface area contributed by atoms with E-state index in [9.17, 15) is 9.90 Å². The number of urea groups is 1. The van der Waals surface area contributed by atoms with Crippen molar-refractivity contribution < 1.29 is 9.90 Å². The van der Waals surface area contributed by atoms with Crippen LogP contribution in [0.4, 0.5) is 4.79 Å². The predicted octanol–water partition coefficient (Wildman–Crippen LogP) is 2.63. The summed E-state index contributed by atoms with van der Waals surface area (Å²) >= 11 is 0. The average Bonchev–Trinajstić information content (AvgIpc) is 2.74. The SMILES string of the molecule is CC(C)CC(CO)NC(=O)NC1c2ccccc2CC1C. The lowest BCUT2D eigenvalue weighted by molar-refractivity contribution is 0.202. The maximum atomic E-state index is 12.2. The van der Waals surface area contributed by atoms with Gasteiger partial charge in [-0.2, -0.15) is 0 Å². The third-order valence-electron chi connectivity index (χ3n) is 4.10. The summed E-state index contributed by atoms with van der Waals surface area (Å²) in [6, 6.07) is 7.94. The summed E-state index contributed by atoms with van der Waals surface area (Å²) in [5, 5.41) is 15.3. The fourth-order valence-electron chi connectivity index (χ4n) is 3.13. The van der Waals surface area contributed by atoms with Crippen LogP contribution in [0.1, 0.15) is 44.4 Å². The monoisotopic (exact) mass is 290 g/mol. The molecule has 0 heterocycles. The average molecular weight is 290 g/mol. The van der Waals surface area contributed by atoms with E-state index in [-0.39, 0.29) is 24.7 Å². The summed E-state index contributed by atoms with van der Waals surface area (Å²) in [6.07, 6.45) is 1.78. The molecule has 4 heteroatoms. The van der Waals surface area contributed by atoms with E-state index in [0.717, 1.165) is 12.8 Å². The van der Waals surface area contributed by atoms with E-state index in [2.05, 4.69) is 43.5 Å². The summed E-state index contributed by atoms with van der Waals surface area (Å²) in [4.78, 5) is 12.2. The van der Waals surface area contributed by atoms with Crippen LogP contribution < -0.4 is 10.6 Å². The summed E-state index contributed by atoms with van der Waals surface area (Å²) in [5.74, 6) is 0.833. The molecule has 0 bridgehead atoms. The Balaban J connectivity index is 1.96. The van der Waals surface area contributed by atoms with Crippen LogP contribution >= 0.6 is 0 Å². The van der Waals surface area contributed by atoms with E-state index in [1.54, 1.807) is 0 Å². The van der Waals surface area contributed by atoms with Crippen molar-refractivity contribution >= 4 is 6.03 Å². The Morgan fingerprint density at radius 1 is 1.38 bits per heavy atom. The fourth-order valence-corrected chi connectivity index (χ4v) is 3.13. The van der Waals surface area contributed by atoms with Gasteiger partial charge in [-0.3, -0.25) is 0 Å². The highest BCUT2D eigenvalue weighted by molar-refractivity contribution is 5.75. The van der Waals surface area contributed by atoms with E-state index < -0.39 is 0 Å².